The molecule has 4 nitrogen and oxygen atoms in total. The van der Waals surface area contributed by atoms with Gasteiger partial charge in [0.05, 0.1) is 0 Å². The van der Waals surface area contributed by atoms with Gasteiger partial charge in [-0.2, -0.15) is 0 Å². The van der Waals surface area contributed by atoms with Crippen molar-refractivity contribution in [3.63, 3.8) is 0 Å². The SMILES string of the molecule is CC(C)OC(=O)C([I-]c1ccccc1)C(=O)OC(C)C. The fourth-order valence-electron chi connectivity index (χ4n) is 1.38. The van der Waals surface area contributed by atoms with Crippen LogP contribution in [0.25, 0.3) is 0 Å². The number of carbonyl (C=O) groups is 2. The molecule has 0 aliphatic heterocycles. The number of halogens is 1. The number of hydrogen-bond donors (Lipinski definition) is 0. The zero-order valence-electron chi connectivity index (χ0n) is 12.1. The van der Waals surface area contributed by atoms with Gasteiger partial charge in [-0.25, -0.2) is 0 Å². The number of rotatable bonds is 6. The van der Waals surface area contributed by atoms with Crippen LogP contribution in [0.5, 0.6) is 0 Å². The van der Waals surface area contributed by atoms with Crippen molar-refractivity contribution in [3.8, 4) is 0 Å². The van der Waals surface area contributed by atoms with E-state index in [1.165, 1.54) is 0 Å². The van der Waals surface area contributed by atoms with Crippen molar-refractivity contribution in [2.75, 3.05) is 0 Å². The van der Waals surface area contributed by atoms with Crippen molar-refractivity contribution >= 4 is 11.9 Å². The monoisotopic (exact) mass is 391 g/mol. The van der Waals surface area contributed by atoms with E-state index >= 15 is 0 Å². The van der Waals surface area contributed by atoms with E-state index in [9.17, 15) is 9.59 Å². The molecular weight excluding hydrogens is 371 g/mol. The summed E-state index contributed by atoms with van der Waals surface area (Å²) in [4.78, 5) is 24.2. The Bertz CT molecular complexity index is 420. The van der Waals surface area contributed by atoms with Gasteiger partial charge in [0.2, 0.25) is 0 Å². The molecule has 0 radical (unpaired) electrons. The second-order valence-electron chi connectivity index (χ2n) is 4.74. The molecular formula is C15H20IO4-. The van der Waals surface area contributed by atoms with Crippen LogP contribution < -0.4 is 21.2 Å². The molecule has 0 bridgehead atoms. The summed E-state index contributed by atoms with van der Waals surface area (Å²) in [5.74, 6) is -0.968. The molecule has 0 unspecified atom stereocenters. The van der Waals surface area contributed by atoms with E-state index in [2.05, 4.69) is 0 Å². The van der Waals surface area contributed by atoms with Gasteiger partial charge in [-0.3, -0.25) is 0 Å². The zero-order valence-corrected chi connectivity index (χ0v) is 14.3. The predicted octanol–water partition coefficient (Wildman–Crippen LogP) is -0.783. The summed E-state index contributed by atoms with van der Waals surface area (Å²) in [5, 5.41) is 0. The summed E-state index contributed by atoms with van der Waals surface area (Å²) in [7, 11) is 0. The van der Waals surface area contributed by atoms with Gasteiger partial charge in [0.1, 0.15) is 0 Å². The Labute approximate surface area is 130 Å². The molecule has 0 atom stereocenters. The number of benzene rings is 1. The molecule has 20 heavy (non-hydrogen) atoms. The number of alkyl halides is 1. The van der Waals surface area contributed by atoms with E-state index in [0.29, 0.717) is 0 Å². The first kappa shape index (κ1) is 16.9. The second kappa shape index (κ2) is 8.24. The molecule has 0 spiro atoms. The van der Waals surface area contributed by atoms with Crippen LogP contribution in [0.1, 0.15) is 27.7 Å². The van der Waals surface area contributed by atoms with Crippen LogP contribution in [-0.2, 0) is 19.1 Å². The van der Waals surface area contributed by atoms with E-state index in [1.807, 2.05) is 30.3 Å². The Morgan fingerprint density at radius 1 is 0.900 bits per heavy atom. The molecule has 1 aromatic rings. The van der Waals surface area contributed by atoms with Gasteiger partial charge in [0.15, 0.2) is 0 Å². The first-order valence-corrected chi connectivity index (χ1v) is 8.82. The van der Waals surface area contributed by atoms with E-state index in [4.69, 9.17) is 9.47 Å². The molecule has 112 valence electrons. The molecule has 1 aromatic carbocycles. The summed E-state index contributed by atoms with van der Waals surface area (Å²) in [6, 6.07) is 9.54. The van der Waals surface area contributed by atoms with Crippen LogP contribution in [0.2, 0.25) is 0 Å². The first-order chi connectivity index (χ1) is 9.40. The molecule has 0 saturated heterocycles. The molecule has 0 aliphatic rings. The topological polar surface area (TPSA) is 52.6 Å². The van der Waals surface area contributed by atoms with Gasteiger partial charge in [0, 0.05) is 0 Å². The van der Waals surface area contributed by atoms with E-state index in [1.54, 1.807) is 27.7 Å². The Morgan fingerprint density at radius 2 is 1.35 bits per heavy atom. The molecule has 1 rings (SSSR count). The summed E-state index contributed by atoms with van der Waals surface area (Å²) in [5.41, 5.74) is 0. The molecule has 0 aromatic heterocycles. The van der Waals surface area contributed by atoms with Crippen LogP contribution in [0, 0.1) is 3.57 Å². The fourth-order valence-corrected chi connectivity index (χ4v) is 3.73. The van der Waals surface area contributed by atoms with E-state index in [-0.39, 0.29) is 12.2 Å². The summed E-state index contributed by atoms with van der Waals surface area (Å²) in [6.45, 7) is 7.07. The van der Waals surface area contributed by atoms with Crippen molar-refractivity contribution in [1.29, 1.82) is 0 Å². The molecule has 0 N–H and O–H groups in total. The van der Waals surface area contributed by atoms with Crippen molar-refractivity contribution in [3.05, 3.63) is 33.9 Å². The summed E-state index contributed by atoms with van der Waals surface area (Å²) < 4.78 is 10.6. The van der Waals surface area contributed by atoms with Crippen LogP contribution >= 0.6 is 0 Å². The van der Waals surface area contributed by atoms with E-state index < -0.39 is 37.1 Å². The normalized spacial score (nSPS) is 11.2. The van der Waals surface area contributed by atoms with Crippen LogP contribution in [-0.4, -0.2) is 28.1 Å². The van der Waals surface area contributed by atoms with Gasteiger partial charge in [-0.15, -0.1) is 0 Å². The maximum atomic E-state index is 12.1. The minimum atomic E-state index is -0.833. The van der Waals surface area contributed by atoms with Gasteiger partial charge in [0.25, 0.3) is 0 Å². The van der Waals surface area contributed by atoms with Crippen molar-refractivity contribution in [2.45, 2.75) is 43.8 Å². The van der Waals surface area contributed by atoms with Gasteiger partial charge < -0.3 is 0 Å². The van der Waals surface area contributed by atoms with Crippen LogP contribution in [0.15, 0.2) is 30.3 Å². The third-order valence-electron chi connectivity index (χ3n) is 2.09. The Balaban J connectivity index is 2.83. The average molecular weight is 391 g/mol. The summed E-state index contributed by atoms with van der Waals surface area (Å²) in [6.07, 6.45) is -0.478. The molecule has 0 heterocycles. The van der Waals surface area contributed by atoms with Gasteiger partial charge in [-0.1, -0.05) is 0 Å². The van der Waals surface area contributed by atoms with Crippen LogP contribution in [0.4, 0.5) is 0 Å². The molecule has 0 saturated carbocycles. The van der Waals surface area contributed by atoms with Crippen molar-refractivity contribution in [2.24, 2.45) is 0 Å². The summed E-state index contributed by atoms with van der Waals surface area (Å²) >= 11 is -0.833. The Hall–Kier alpha value is -1.11. The first-order valence-electron chi connectivity index (χ1n) is 6.49. The molecule has 0 amide bonds. The molecule has 0 aliphatic carbocycles. The van der Waals surface area contributed by atoms with Crippen LogP contribution in [0.3, 0.4) is 0 Å². The number of carbonyl (C=O) groups excluding carboxylic acids is 2. The Kier molecular flexibility index (Phi) is 6.98. The second-order valence-corrected chi connectivity index (χ2v) is 7.85. The molecule has 5 heteroatoms. The third-order valence-corrected chi connectivity index (χ3v) is 5.16. The number of esters is 2. The standard InChI is InChI=1S/C15H20IO4/c1-10(2)19-14(17)13(15(18)20-11(3)4)16-12-8-6-5-7-9-12/h5-11,13H,1-4H3/q-1. The number of ether oxygens (including phenoxy) is 2. The molecule has 0 fully saturated rings. The number of hydrogen-bond acceptors (Lipinski definition) is 4. The van der Waals surface area contributed by atoms with Gasteiger partial charge >= 0.3 is 130 Å². The quantitative estimate of drug-likeness (QED) is 0.276. The Morgan fingerprint density at radius 3 is 1.75 bits per heavy atom. The zero-order chi connectivity index (χ0) is 15.1. The van der Waals surface area contributed by atoms with Gasteiger partial charge in [-0.05, 0) is 0 Å². The van der Waals surface area contributed by atoms with Crippen molar-refractivity contribution < 1.29 is 40.3 Å². The van der Waals surface area contributed by atoms with E-state index in [0.717, 1.165) is 3.57 Å². The predicted molar refractivity (Wildman–Crippen MR) is 71.4 cm³/mol. The maximum absolute atomic E-state index is 12.1. The minimum absolute atomic E-state index is 0.239. The average Bonchev–Trinajstić information content (AvgIpc) is 2.35. The third kappa shape index (κ3) is 5.90. The van der Waals surface area contributed by atoms with Crippen molar-refractivity contribution in [1.82, 2.24) is 0 Å². The fraction of sp³-hybridized carbons (Fsp3) is 0.467.